The molecule has 0 fully saturated rings. The number of aromatic nitrogens is 1. The van der Waals surface area contributed by atoms with Crippen molar-refractivity contribution in [1.29, 1.82) is 0 Å². The summed E-state index contributed by atoms with van der Waals surface area (Å²) >= 11 is 0. The molecule has 0 atom stereocenters. The molecular weight excluding hydrogens is 308 g/mol. The zero-order valence-corrected chi connectivity index (χ0v) is 13.6. The van der Waals surface area contributed by atoms with E-state index in [1.54, 1.807) is 24.4 Å². The van der Waals surface area contributed by atoms with Gasteiger partial charge in [-0.3, -0.25) is 9.59 Å². The van der Waals surface area contributed by atoms with Crippen molar-refractivity contribution in [1.82, 2.24) is 4.98 Å². The van der Waals surface area contributed by atoms with E-state index in [0.717, 1.165) is 18.5 Å². The van der Waals surface area contributed by atoms with E-state index in [-0.39, 0.29) is 18.5 Å². The van der Waals surface area contributed by atoms with Crippen LogP contribution in [0.25, 0.3) is 0 Å². The van der Waals surface area contributed by atoms with Crippen LogP contribution in [-0.2, 0) is 6.42 Å². The maximum atomic E-state index is 12.7. The highest BCUT2D eigenvalue weighted by Gasteiger charge is 2.38. The lowest BCUT2D eigenvalue weighted by molar-refractivity contribution is 0.0805. The summed E-state index contributed by atoms with van der Waals surface area (Å²) in [4.78, 5) is 28.4. The number of H-pyrrole nitrogens is 1. The van der Waals surface area contributed by atoms with Crippen molar-refractivity contribution in [2.75, 3.05) is 12.1 Å². The normalized spacial score (nSPS) is 17.5. The van der Waals surface area contributed by atoms with Crippen LogP contribution in [-0.4, -0.2) is 23.5 Å². The van der Waals surface area contributed by atoms with Gasteiger partial charge < -0.3 is 19.8 Å². The van der Waals surface area contributed by atoms with Crippen molar-refractivity contribution in [3.8, 4) is 11.5 Å². The van der Waals surface area contributed by atoms with Crippen LogP contribution in [0.4, 0.5) is 5.69 Å². The number of anilines is 1. The molecule has 0 spiro atoms. The zero-order valence-electron chi connectivity index (χ0n) is 13.6. The molecule has 1 aliphatic carbocycles. The number of amides is 1. The minimum Gasteiger partial charge on any atom is -0.454 e. The maximum absolute atomic E-state index is 12.7. The Kier molecular flexibility index (Phi) is 3.16. The van der Waals surface area contributed by atoms with E-state index in [2.05, 4.69) is 10.3 Å². The van der Waals surface area contributed by atoms with E-state index in [1.165, 1.54) is 0 Å². The summed E-state index contributed by atoms with van der Waals surface area (Å²) in [6.07, 6.45) is 3.17. The summed E-state index contributed by atoms with van der Waals surface area (Å²) in [5, 5.41) is 2.83. The predicted octanol–water partition coefficient (Wildman–Crippen LogP) is 3.15. The number of ether oxygens (including phenoxy) is 2. The molecule has 0 saturated heterocycles. The molecule has 0 unspecified atom stereocenters. The van der Waals surface area contributed by atoms with Gasteiger partial charge in [0.1, 0.15) is 0 Å². The van der Waals surface area contributed by atoms with Gasteiger partial charge in [0.25, 0.3) is 5.91 Å². The molecule has 2 N–H and O–H groups in total. The van der Waals surface area contributed by atoms with Gasteiger partial charge in [0.2, 0.25) is 6.79 Å². The molecule has 2 aliphatic rings. The lowest BCUT2D eigenvalue weighted by atomic mass is 9.74. The minimum absolute atomic E-state index is 0.0147. The van der Waals surface area contributed by atoms with Gasteiger partial charge in [0.05, 0.1) is 11.1 Å². The van der Waals surface area contributed by atoms with Crippen molar-refractivity contribution < 1.29 is 19.1 Å². The Morgan fingerprint density at radius 3 is 2.88 bits per heavy atom. The average Bonchev–Trinajstić information content (AvgIpc) is 3.17. The highest BCUT2D eigenvalue weighted by molar-refractivity contribution is 6.15. The SMILES string of the molecule is CC1(C)CCc2[nH]cc(C(=O)Nc3ccc4c(c3)OCO4)c2C1=O. The average molecular weight is 326 g/mol. The molecule has 2 aromatic rings. The first-order chi connectivity index (χ1) is 11.5. The first-order valence-electron chi connectivity index (χ1n) is 7.92. The lowest BCUT2D eigenvalue weighted by Gasteiger charge is -2.28. The van der Waals surface area contributed by atoms with Crippen LogP contribution in [0.15, 0.2) is 24.4 Å². The van der Waals surface area contributed by atoms with Gasteiger partial charge in [-0.05, 0) is 25.0 Å². The molecule has 1 aromatic heterocycles. The molecule has 124 valence electrons. The van der Waals surface area contributed by atoms with E-state index in [9.17, 15) is 9.59 Å². The second-order valence-corrected chi connectivity index (χ2v) is 6.79. The van der Waals surface area contributed by atoms with Gasteiger partial charge in [-0.1, -0.05) is 13.8 Å². The number of carbonyl (C=O) groups excluding carboxylic acids is 2. The number of hydrogen-bond donors (Lipinski definition) is 2. The van der Waals surface area contributed by atoms with Gasteiger partial charge >= 0.3 is 0 Å². The number of rotatable bonds is 2. The summed E-state index contributed by atoms with van der Waals surface area (Å²) in [7, 11) is 0. The van der Waals surface area contributed by atoms with Gasteiger partial charge in [0, 0.05) is 29.1 Å². The molecule has 24 heavy (non-hydrogen) atoms. The lowest BCUT2D eigenvalue weighted by Crippen LogP contribution is -2.31. The van der Waals surface area contributed by atoms with E-state index in [0.29, 0.717) is 28.3 Å². The molecule has 0 radical (unpaired) electrons. The fraction of sp³-hybridized carbons (Fsp3) is 0.333. The molecule has 4 rings (SSSR count). The molecule has 0 saturated carbocycles. The van der Waals surface area contributed by atoms with Crippen LogP contribution in [0, 0.1) is 5.41 Å². The van der Waals surface area contributed by atoms with Crippen LogP contribution in [0.3, 0.4) is 0 Å². The second kappa shape index (κ2) is 5.12. The number of aromatic amines is 1. The fourth-order valence-electron chi connectivity index (χ4n) is 3.16. The van der Waals surface area contributed by atoms with Crippen molar-refractivity contribution in [3.63, 3.8) is 0 Å². The Morgan fingerprint density at radius 2 is 2.04 bits per heavy atom. The summed E-state index contributed by atoms with van der Waals surface area (Å²) in [6, 6.07) is 5.21. The Morgan fingerprint density at radius 1 is 1.25 bits per heavy atom. The van der Waals surface area contributed by atoms with Crippen molar-refractivity contribution in [3.05, 3.63) is 41.2 Å². The standard InChI is InChI=1S/C18H18N2O4/c1-18(2)6-5-12-15(16(18)21)11(8-19-12)17(22)20-10-3-4-13-14(7-10)24-9-23-13/h3-4,7-8,19H,5-6,9H2,1-2H3,(H,20,22). The summed E-state index contributed by atoms with van der Waals surface area (Å²) < 4.78 is 10.6. The number of Topliss-reactive ketones (excluding diaryl/α,β-unsaturated/α-hetero) is 1. The largest absolute Gasteiger partial charge is 0.454 e. The number of fused-ring (bicyclic) bond motifs is 2. The number of ketones is 1. The monoisotopic (exact) mass is 326 g/mol. The quantitative estimate of drug-likeness (QED) is 0.888. The van der Waals surface area contributed by atoms with Gasteiger partial charge in [-0.2, -0.15) is 0 Å². The highest BCUT2D eigenvalue weighted by atomic mass is 16.7. The van der Waals surface area contributed by atoms with Gasteiger partial charge in [-0.15, -0.1) is 0 Å². The Balaban J connectivity index is 1.62. The highest BCUT2D eigenvalue weighted by Crippen LogP contribution is 2.37. The van der Waals surface area contributed by atoms with Crippen LogP contribution in [0.2, 0.25) is 0 Å². The Hall–Kier alpha value is -2.76. The number of aryl methyl sites for hydroxylation is 1. The third-order valence-electron chi connectivity index (χ3n) is 4.68. The smallest absolute Gasteiger partial charge is 0.257 e. The van der Waals surface area contributed by atoms with Gasteiger partial charge in [0.15, 0.2) is 17.3 Å². The van der Waals surface area contributed by atoms with Crippen LogP contribution >= 0.6 is 0 Å². The van der Waals surface area contributed by atoms with Gasteiger partial charge in [-0.25, -0.2) is 0 Å². The number of benzene rings is 1. The van der Waals surface area contributed by atoms with Crippen LogP contribution in [0.1, 0.15) is 46.7 Å². The Bertz CT molecular complexity index is 851. The second-order valence-electron chi connectivity index (χ2n) is 6.79. The van der Waals surface area contributed by atoms with Crippen molar-refractivity contribution >= 4 is 17.4 Å². The summed E-state index contributed by atoms with van der Waals surface area (Å²) in [5.74, 6) is 0.961. The van der Waals surface area contributed by atoms with E-state index in [1.807, 2.05) is 13.8 Å². The molecular formula is C18H18N2O4. The first-order valence-corrected chi connectivity index (χ1v) is 7.92. The van der Waals surface area contributed by atoms with Crippen LogP contribution < -0.4 is 14.8 Å². The molecule has 0 bridgehead atoms. The number of carbonyl (C=O) groups is 2. The molecule has 6 nitrogen and oxygen atoms in total. The fourth-order valence-corrected chi connectivity index (χ4v) is 3.16. The van der Waals surface area contributed by atoms with Crippen LogP contribution in [0.5, 0.6) is 11.5 Å². The molecule has 1 aromatic carbocycles. The van der Waals surface area contributed by atoms with E-state index >= 15 is 0 Å². The number of nitrogens with one attached hydrogen (secondary N) is 2. The topological polar surface area (TPSA) is 80.4 Å². The molecule has 2 heterocycles. The summed E-state index contributed by atoms with van der Waals surface area (Å²) in [5.41, 5.74) is 1.91. The minimum atomic E-state index is -0.441. The van der Waals surface area contributed by atoms with Crippen molar-refractivity contribution in [2.45, 2.75) is 26.7 Å². The third kappa shape index (κ3) is 2.26. The third-order valence-corrected chi connectivity index (χ3v) is 4.68. The molecule has 1 aliphatic heterocycles. The zero-order chi connectivity index (χ0) is 16.9. The van der Waals surface area contributed by atoms with E-state index < -0.39 is 5.41 Å². The van der Waals surface area contributed by atoms with Crippen molar-refractivity contribution in [2.24, 2.45) is 5.41 Å². The van der Waals surface area contributed by atoms with E-state index in [4.69, 9.17) is 9.47 Å². The number of hydrogen-bond acceptors (Lipinski definition) is 4. The Labute approximate surface area is 139 Å². The molecule has 6 heteroatoms. The predicted molar refractivity (Wildman–Crippen MR) is 87.7 cm³/mol. The molecule has 1 amide bonds. The first kappa shape index (κ1) is 14.8. The summed E-state index contributed by atoms with van der Waals surface area (Å²) in [6.45, 7) is 4.03. The maximum Gasteiger partial charge on any atom is 0.257 e.